The van der Waals surface area contributed by atoms with E-state index in [-0.39, 0.29) is 4.90 Å². The molecule has 0 saturated carbocycles. The van der Waals surface area contributed by atoms with E-state index in [2.05, 4.69) is 16.4 Å². The smallest absolute Gasteiger partial charge is 0.175 e. The summed E-state index contributed by atoms with van der Waals surface area (Å²) in [7, 11) is -3.25. The van der Waals surface area contributed by atoms with E-state index in [0.29, 0.717) is 10.9 Å². The van der Waals surface area contributed by atoms with Crippen LogP contribution in [0.1, 0.15) is 11.5 Å². The van der Waals surface area contributed by atoms with Crippen LogP contribution in [0.15, 0.2) is 41.4 Å². The van der Waals surface area contributed by atoms with E-state index < -0.39 is 9.84 Å². The van der Waals surface area contributed by atoms with Gasteiger partial charge in [0.25, 0.3) is 0 Å². The van der Waals surface area contributed by atoms with Crippen molar-refractivity contribution in [1.29, 1.82) is 0 Å². The molecule has 1 aromatic carbocycles. The highest BCUT2D eigenvalue weighted by atomic mass is 35.5. The number of benzene rings is 1. The molecule has 1 fully saturated rings. The standard InChI is InChI=1S/C15H15ClN2O2S/c1-21(19,20)12-3-4-13(14(16)6-12)15-5-2-10(9-18-15)11-7-17-8-11/h2-6,9,11,17H,7-8H2,1H3. The lowest BCUT2D eigenvalue weighted by atomic mass is 9.95. The molecule has 0 atom stereocenters. The van der Waals surface area contributed by atoms with Crippen molar-refractivity contribution in [3.05, 3.63) is 47.1 Å². The van der Waals surface area contributed by atoms with Crippen molar-refractivity contribution < 1.29 is 8.42 Å². The molecule has 1 saturated heterocycles. The molecule has 3 rings (SSSR count). The topological polar surface area (TPSA) is 59.1 Å². The zero-order chi connectivity index (χ0) is 15.0. The van der Waals surface area contributed by atoms with E-state index in [0.717, 1.165) is 30.6 Å². The van der Waals surface area contributed by atoms with Crippen molar-refractivity contribution >= 4 is 21.4 Å². The normalized spacial score (nSPS) is 15.7. The third-order valence-corrected chi connectivity index (χ3v) is 5.11. The monoisotopic (exact) mass is 322 g/mol. The Labute approximate surface area is 129 Å². The zero-order valence-corrected chi connectivity index (χ0v) is 13.1. The third kappa shape index (κ3) is 2.95. The summed E-state index contributed by atoms with van der Waals surface area (Å²) in [6.45, 7) is 1.98. The van der Waals surface area contributed by atoms with Crippen molar-refractivity contribution in [2.75, 3.05) is 19.3 Å². The first-order valence-electron chi connectivity index (χ1n) is 6.62. The number of pyridine rings is 1. The van der Waals surface area contributed by atoms with E-state index in [4.69, 9.17) is 11.6 Å². The fourth-order valence-corrected chi connectivity index (χ4v) is 3.25. The van der Waals surface area contributed by atoms with Crippen LogP contribution in [0.4, 0.5) is 0 Å². The lowest BCUT2D eigenvalue weighted by molar-refractivity contribution is 0.447. The van der Waals surface area contributed by atoms with Crippen LogP contribution >= 0.6 is 11.6 Å². The first-order valence-corrected chi connectivity index (χ1v) is 8.89. The second kappa shape index (κ2) is 5.40. The highest BCUT2D eigenvalue weighted by Gasteiger charge is 2.19. The highest BCUT2D eigenvalue weighted by molar-refractivity contribution is 7.90. The Morgan fingerprint density at radius 3 is 2.48 bits per heavy atom. The maximum atomic E-state index is 11.5. The van der Waals surface area contributed by atoms with Crippen LogP contribution in [0, 0.1) is 0 Å². The fourth-order valence-electron chi connectivity index (χ4n) is 2.26. The lowest BCUT2D eigenvalue weighted by Gasteiger charge is -2.27. The molecule has 6 heteroatoms. The van der Waals surface area contributed by atoms with Gasteiger partial charge in [-0.15, -0.1) is 0 Å². The van der Waals surface area contributed by atoms with Gasteiger partial charge in [-0.2, -0.15) is 0 Å². The largest absolute Gasteiger partial charge is 0.315 e. The fraction of sp³-hybridized carbons (Fsp3) is 0.267. The van der Waals surface area contributed by atoms with Gasteiger partial charge >= 0.3 is 0 Å². The molecule has 0 aliphatic carbocycles. The Hall–Kier alpha value is -1.43. The van der Waals surface area contributed by atoms with Crippen molar-refractivity contribution in [3.63, 3.8) is 0 Å². The van der Waals surface area contributed by atoms with E-state index in [9.17, 15) is 8.42 Å². The number of hydrogen-bond donors (Lipinski definition) is 1. The van der Waals surface area contributed by atoms with E-state index in [1.165, 1.54) is 11.6 Å². The number of sulfone groups is 1. The van der Waals surface area contributed by atoms with Crippen LogP contribution in [0.25, 0.3) is 11.3 Å². The minimum Gasteiger partial charge on any atom is -0.315 e. The summed E-state index contributed by atoms with van der Waals surface area (Å²) < 4.78 is 23.0. The molecule has 110 valence electrons. The number of nitrogens with one attached hydrogen (secondary N) is 1. The molecule has 2 aromatic rings. The Balaban J connectivity index is 1.93. The van der Waals surface area contributed by atoms with Crippen molar-refractivity contribution in [2.24, 2.45) is 0 Å². The number of hydrogen-bond acceptors (Lipinski definition) is 4. The molecular weight excluding hydrogens is 308 g/mol. The van der Waals surface area contributed by atoms with Gasteiger partial charge in [0, 0.05) is 37.0 Å². The van der Waals surface area contributed by atoms with Gasteiger partial charge in [0.2, 0.25) is 0 Å². The second-order valence-corrected chi connectivity index (χ2v) is 7.67. The Morgan fingerprint density at radius 1 is 1.24 bits per heavy atom. The Morgan fingerprint density at radius 2 is 2.00 bits per heavy atom. The summed E-state index contributed by atoms with van der Waals surface area (Å²) in [5.41, 5.74) is 2.69. The molecule has 1 aliphatic rings. The van der Waals surface area contributed by atoms with Gasteiger partial charge in [0.15, 0.2) is 9.84 Å². The summed E-state index contributed by atoms with van der Waals surface area (Å²) in [5.74, 6) is 0.537. The number of aromatic nitrogens is 1. The molecule has 1 aliphatic heterocycles. The van der Waals surface area contributed by atoms with Gasteiger partial charge in [-0.05, 0) is 23.8 Å². The summed E-state index contributed by atoms with van der Waals surface area (Å²) >= 11 is 6.20. The predicted molar refractivity (Wildman–Crippen MR) is 83.4 cm³/mol. The summed E-state index contributed by atoms with van der Waals surface area (Å²) in [5, 5.41) is 3.62. The average Bonchev–Trinajstić information content (AvgIpc) is 2.37. The minimum atomic E-state index is -3.25. The summed E-state index contributed by atoms with van der Waals surface area (Å²) in [6, 6.07) is 8.70. The maximum Gasteiger partial charge on any atom is 0.175 e. The maximum absolute atomic E-state index is 11.5. The molecule has 1 aromatic heterocycles. The van der Waals surface area contributed by atoms with Gasteiger partial charge < -0.3 is 5.32 Å². The molecule has 0 unspecified atom stereocenters. The van der Waals surface area contributed by atoms with E-state index in [1.807, 2.05) is 12.3 Å². The number of halogens is 1. The van der Waals surface area contributed by atoms with Crippen LogP contribution in [0.3, 0.4) is 0 Å². The number of nitrogens with zero attached hydrogens (tertiary/aromatic N) is 1. The van der Waals surface area contributed by atoms with E-state index >= 15 is 0 Å². The zero-order valence-electron chi connectivity index (χ0n) is 11.5. The lowest BCUT2D eigenvalue weighted by Crippen LogP contribution is -2.39. The molecular formula is C15H15ClN2O2S. The SMILES string of the molecule is CS(=O)(=O)c1ccc(-c2ccc(C3CNC3)cn2)c(Cl)c1. The third-order valence-electron chi connectivity index (χ3n) is 3.68. The van der Waals surface area contributed by atoms with Crippen molar-refractivity contribution in [2.45, 2.75) is 10.8 Å². The molecule has 1 N–H and O–H groups in total. The second-order valence-electron chi connectivity index (χ2n) is 5.25. The molecule has 4 nitrogen and oxygen atoms in total. The van der Waals surface area contributed by atoms with Gasteiger partial charge in [-0.1, -0.05) is 23.7 Å². The summed E-state index contributed by atoms with van der Waals surface area (Å²) in [4.78, 5) is 4.66. The van der Waals surface area contributed by atoms with E-state index in [1.54, 1.807) is 12.1 Å². The van der Waals surface area contributed by atoms with Crippen LogP contribution in [0.2, 0.25) is 5.02 Å². The first kappa shape index (κ1) is 14.5. The predicted octanol–water partition coefficient (Wildman–Crippen LogP) is 2.49. The molecule has 2 heterocycles. The molecule has 0 amide bonds. The number of rotatable bonds is 3. The van der Waals surface area contributed by atoms with Crippen LogP contribution < -0.4 is 5.32 Å². The van der Waals surface area contributed by atoms with Crippen molar-refractivity contribution in [3.8, 4) is 11.3 Å². The Kier molecular flexibility index (Phi) is 3.73. The van der Waals surface area contributed by atoms with Gasteiger partial charge in [-0.25, -0.2) is 8.42 Å². The van der Waals surface area contributed by atoms with Crippen LogP contribution in [-0.4, -0.2) is 32.7 Å². The molecule has 0 spiro atoms. The van der Waals surface area contributed by atoms with Gasteiger partial charge in [0.1, 0.15) is 0 Å². The van der Waals surface area contributed by atoms with Crippen LogP contribution in [-0.2, 0) is 9.84 Å². The quantitative estimate of drug-likeness (QED) is 0.943. The van der Waals surface area contributed by atoms with Gasteiger partial charge in [-0.3, -0.25) is 4.98 Å². The highest BCUT2D eigenvalue weighted by Crippen LogP contribution is 2.30. The molecule has 0 bridgehead atoms. The minimum absolute atomic E-state index is 0.216. The Bertz CT molecular complexity index is 769. The first-order chi connectivity index (χ1) is 9.95. The van der Waals surface area contributed by atoms with Crippen LogP contribution in [0.5, 0.6) is 0 Å². The molecule has 0 radical (unpaired) electrons. The van der Waals surface area contributed by atoms with Crippen molar-refractivity contribution in [1.82, 2.24) is 10.3 Å². The van der Waals surface area contributed by atoms with Gasteiger partial charge in [0.05, 0.1) is 15.6 Å². The summed E-state index contributed by atoms with van der Waals surface area (Å²) in [6.07, 6.45) is 3.03. The molecule has 21 heavy (non-hydrogen) atoms. The average molecular weight is 323 g/mol.